The van der Waals surface area contributed by atoms with Gasteiger partial charge < -0.3 is 14.4 Å². The summed E-state index contributed by atoms with van der Waals surface area (Å²) < 4.78 is 9.68. The van der Waals surface area contributed by atoms with Crippen LogP contribution in [0.25, 0.3) is 16.7 Å². The Morgan fingerprint density at radius 1 is 1.28 bits per heavy atom. The molecule has 1 N–H and O–H groups in total. The number of aryl methyl sites for hydroxylation is 2. The van der Waals surface area contributed by atoms with Crippen LogP contribution in [0.5, 0.6) is 5.75 Å². The first-order valence-electron chi connectivity index (χ1n) is 8.48. The van der Waals surface area contributed by atoms with E-state index in [2.05, 4.69) is 28.6 Å². The zero-order chi connectivity index (χ0) is 17.8. The van der Waals surface area contributed by atoms with Crippen molar-refractivity contribution in [2.75, 3.05) is 7.11 Å². The predicted molar refractivity (Wildman–Crippen MR) is 96.5 cm³/mol. The monoisotopic (exact) mass is 341 g/mol. The highest BCUT2D eigenvalue weighted by Gasteiger charge is 2.16. The second-order valence-electron chi connectivity index (χ2n) is 6.16. The summed E-state index contributed by atoms with van der Waals surface area (Å²) in [6.07, 6.45) is 8.29. The summed E-state index contributed by atoms with van der Waals surface area (Å²) in [5, 5.41) is 9.93. The van der Waals surface area contributed by atoms with Gasteiger partial charge in [0.15, 0.2) is 0 Å². The van der Waals surface area contributed by atoms with E-state index in [1.54, 1.807) is 19.6 Å². The summed E-state index contributed by atoms with van der Waals surface area (Å²) in [4.78, 5) is 14.8. The largest absolute Gasteiger partial charge is 0.497 e. The maximum Gasteiger partial charge on any atom is 0.303 e. The second-order valence-corrected chi connectivity index (χ2v) is 6.16. The van der Waals surface area contributed by atoms with Crippen LogP contribution in [0.2, 0.25) is 0 Å². The third-order valence-electron chi connectivity index (χ3n) is 4.51. The van der Waals surface area contributed by atoms with Crippen LogP contribution in [0.15, 0.2) is 36.9 Å². The van der Waals surface area contributed by atoms with Gasteiger partial charge in [0, 0.05) is 30.7 Å². The fourth-order valence-electron chi connectivity index (χ4n) is 3.28. The van der Waals surface area contributed by atoms with Crippen molar-refractivity contribution in [1.82, 2.24) is 14.1 Å². The molecule has 3 aromatic rings. The number of nitrogens with zero attached hydrogens (tertiary/aromatic N) is 3. The van der Waals surface area contributed by atoms with E-state index >= 15 is 0 Å². The maximum absolute atomic E-state index is 10.7. The molecule has 25 heavy (non-hydrogen) atoms. The van der Waals surface area contributed by atoms with Crippen LogP contribution < -0.4 is 4.74 Å². The molecule has 6 nitrogen and oxygen atoms in total. The van der Waals surface area contributed by atoms with Crippen LogP contribution in [0.3, 0.4) is 0 Å². The van der Waals surface area contributed by atoms with Crippen LogP contribution in [0.1, 0.15) is 31.2 Å². The number of carbonyl (C=O) groups is 1. The first-order valence-corrected chi connectivity index (χ1v) is 8.48. The van der Waals surface area contributed by atoms with Gasteiger partial charge in [-0.25, -0.2) is 4.98 Å². The number of hydrogen-bond donors (Lipinski definition) is 1. The number of aliphatic carboxylic acids is 1. The van der Waals surface area contributed by atoms with Crippen molar-refractivity contribution in [3.05, 3.63) is 42.5 Å². The number of carboxylic acid groups (broad SMARTS) is 1. The Morgan fingerprint density at radius 2 is 2.12 bits per heavy atom. The van der Waals surface area contributed by atoms with Gasteiger partial charge >= 0.3 is 5.97 Å². The number of hydrogen-bond acceptors (Lipinski definition) is 3. The van der Waals surface area contributed by atoms with Crippen molar-refractivity contribution in [2.24, 2.45) is 0 Å². The van der Waals surface area contributed by atoms with E-state index in [1.807, 2.05) is 16.8 Å². The summed E-state index contributed by atoms with van der Waals surface area (Å²) in [5.41, 5.74) is 2.33. The lowest BCUT2D eigenvalue weighted by atomic mass is 10.2. The fraction of sp³-hybridized carbons (Fsp3) is 0.368. The molecule has 0 saturated heterocycles. The third kappa shape index (κ3) is 3.52. The van der Waals surface area contributed by atoms with Crippen LogP contribution in [0, 0.1) is 6.92 Å². The summed E-state index contributed by atoms with van der Waals surface area (Å²) in [7, 11) is 1.67. The Morgan fingerprint density at radius 3 is 2.80 bits per heavy atom. The minimum atomic E-state index is -0.728. The van der Waals surface area contributed by atoms with Crippen molar-refractivity contribution < 1.29 is 14.6 Å². The average molecular weight is 341 g/mol. The number of imidazole rings is 1. The number of unbranched alkanes of at least 4 members (excludes halogenated alkanes) is 2. The number of benzene rings is 1. The van der Waals surface area contributed by atoms with Crippen molar-refractivity contribution in [1.29, 1.82) is 0 Å². The van der Waals surface area contributed by atoms with Gasteiger partial charge in [-0.1, -0.05) is 6.42 Å². The third-order valence-corrected chi connectivity index (χ3v) is 4.51. The Bertz CT molecular complexity index is 866. The molecule has 132 valence electrons. The highest BCUT2D eigenvalue weighted by molar-refractivity contribution is 5.88. The molecule has 3 rings (SSSR count). The maximum atomic E-state index is 10.7. The number of fused-ring (bicyclic) bond motifs is 1. The molecule has 1 aromatic carbocycles. The molecule has 0 fully saturated rings. The minimum Gasteiger partial charge on any atom is -0.497 e. The van der Waals surface area contributed by atoms with Gasteiger partial charge in [-0.05, 0) is 43.5 Å². The van der Waals surface area contributed by atoms with E-state index < -0.39 is 5.97 Å². The molecule has 0 saturated carbocycles. The van der Waals surface area contributed by atoms with Crippen LogP contribution >= 0.6 is 0 Å². The lowest BCUT2D eigenvalue weighted by Crippen LogP contribution is -2.06. The quantitative estimate of drug-likeness (QED) is 0.633. The fourth-order valence-corrected chi connectivity index (χ4v) is 3.28. The van der Waals surface area contributed by atoms with Crippen LogP contribution in [0.4, 0.5) is 0 Å². The molecule has 0 amide bonds. The highest BCUT2D eigenvalue weighted by atomic mass is 16.5. The first kappa shape index (κ1) is 17.1. The topological polar surface area (TPSA) is 69.3 Å². The smallest absolute Gasteiger partial charge is 0.303 e. The Hall–Kier alpha value is -2.76. The minimum absolute atomic E-state index is 0.233. The predicted octanol–water partition coefficient (Wildman–Crippen LogP) is 3.79. The molecule has 6 heteroatoms. The normalized spacial score (nSPS) is 11.1. The summed E-state index contributed by atoms with van der Waals surface area (Å²) in [6.45, 7) is 2.95. The Labute approximate surface area is 146 Å². The molecule has 2 aromatic heterocycles. The van der Waals surface area contributed by atoms with Gasteiger partial charge in [0.2, 0.25) is 0 Å². The van der Waals surface area contributed by atoms with E-state index in [0.29, 0.717) is 6.42 Å². The van der Waals surface area contributed by atoms with E-state index in [0.717, 1.165) is 41.9 Å². The zero-order valence-corrected chi connectivity index (χ0v) is 14.6. The van der Waals surface area contributed by atoms with Crippen molar-refractivity contribution in [3.8, 4) is 11.6 Å². The summed E-state index contributed by atoms with van der Waals surface area (Å²) >= 11 is 0. The number of carboxylic acids is 1. The van der Waals surface area contributed by atoms with E-state index in [4.69, 9.17) is 9.84 Å². The zero-order valence-electron chi connectivity index (χ0n) is 14.6. The van der Waals surface area contributed by atoms with E-state index in [9.17, 15) is 4.79 Å². The van der Waals surface area contributed by atoms with Gasteiger partial charge in [-0.3, -0.25) is 9.36 Å². The molecule has 0 spiro atoms. The molecule has 0 unspecified atom stereocenters. The Kier molecular flexibility index (Phi) is 5.07. The lowest BCUT2D eigenvalue weighted by molar-refractivity contribution is -0.137. The van der Waals surface area contributed by atoms with Crippen LogP contribution in [-0.2, 0) is 11.3 Å². The number of ether oxygens (including phenoxy) is 1. The first-order chi connectivity index (χ1) is 12.1. The van der Waals surface area contributed by atoms with Crippen molar-refractivity contribution in [2.45, 2.75) is 39.2 Å². The molecule has 0 atom stereocenters. The number of aromatic nitrogens is 3. The van der Waals surface area contributed by atoms with Gasteiger partial charge in [-0.15, -0.1) is 0 Å². The summed E-state index contributed by atoms with van der Waals surface area (Å²) in [6, 6.07) is 6.12. The average Bonchev–Trinajstić information content (AvgIpc) is 3.21. The van der Waals surface area contributed by atoms with E-state index in [-0.39, 0.29) is 6.42 Å². The second kappa shape index (κ2) is 7.42. The molecule has 0 radical (unpaired) electrons. The molecule has 2 heterocycles. The Balaban J connectivity index is 1.94. The van der Waals surface area contributed by atoms with E-state index in [1.165, 1.54) is 5.56 Å². The molecule has 0 aliphatic carbocycles. The molecule has 0 aliphatic rings. The summed E-state index contributed by atoms with van der Waals surface area (Å²) in [5.74, 6) is 1.21. The van der Waals surface area contributed by atoms with Gasteiger partial charge in [-0.2, -0.15) is 0 Å². The van der Waals surface area contributed by atoms with Gasteiger partial charge in [0.1, 0.15) is 17.9 Å². The molecular weight excluding hydrogens is 318 g/mol. The number of methoxy groups -OCH3 is 1. The van der Waals surface area contributed by atoms with Crippen molar-refractivity contribution in [3.63, 3.8) is 0 Å². The number of rotatable bonds is 8. The lowest BCUT2D eigenvalue weighted by Gasteiger charge is -2.12. The van der Waals surface area contributed by atoms with Crippen molar-refractivity contribution >= 4 is 16.9 Å². The molecule has 0 bridgehead atoms. The standard InChI is InChI=1S/C19H23N3O3/c1-14-16-12-15(25-2)7-8-17(16)22(10-5-3-4-6-18(23)24)19(14)21-11-9-20-13-21/h7-9,11-13H,3-6,10H2,1-2H3,(H,23,24). The molecular formula is C19H23N3O3. The van der Waals surface area contributed by atoms with Crippen LogP contribution in [-0.4, -0.2) is 32.3 Å². The molecule has 0 aliphatic heterocycles. The van der Waals surface area contributed by atoms with Gasteiger partial charge in [0.25, 0.3) is 0 Å². The highest BCUT2D eigenvalue weighted by Crippen LogP contribution is 2.31. The van der Waals surface area contributed by atoms with Gasteiger partial charge in [0.05, 0.1) is 12.6 Å². The SMILES string of the molecule is COc1ccc2c(c1)c(C)c(-n1ccnc1)n2CCCCCC(=O)O.